The summed E-state index contributed by atoms with van der Waals surface area (Å²) >= 11 is 5.92. The summed E-state index contributed by atoms with van der Waals surface area (Å²) in [5, 5.41) is 3.59. The first-order valence-corrected chi connectivity index (χ1v) is 7.74. The van der Waals surface area contributed by atoms with E-state index in [0.717, 1.165) is 22.6 Å². The number of nitrogens with one attached hydrogen (secondary N) is 1. The summed E-state index contributed by atoms with van der Waals surface area (Å²) in [5.74, 6) is 0.831. The number of benzene rings is 2. The van der Waals surface area contributed by atoms with Crippen LogP contribution in [0.5, 0.6) is 5.75 Å². The van der Waals surface area contributed by atoms with Crippen LogP contribution in [-0.4, -0.2) is 12.5 Å². The van der Waals surface area contributed by atoms with Crippen LogP contribution in [0.2, 0.25) is 5.02 Å². The predicted molar refractivity (Wildman–Crippen MR) is 90.8 cm³/mol. The summed E-state index contributed by atoms with van der Waals surface area (Å²) in [4.78, 5) is 12.1. The zero-order valence-corrected chi connectivity index (χ0v) is 13.6. The first-order valence-electron chi connectivity index (χ1n) is 7.37. The second-order valence-corrected chi connectivity index (χ2v) is 5.48. The summed E-state index contributed by atoms with van der Waals surface area (Å²) in [6.45, 7) is 4.49. The lowest BCUT2D eigenvalue weighted by molar-refractivity contribution is -0.116. The Morgan fingerprint density at radius 3 is 2.73 bits per heavy atom. The minimum atomic E-state index is -0.0169. The summed E-state index contributed by atoms with van der Waals surface area (Å²) in [6, 6.07) is 13.2. The van der Waals surface area contributed by atoms with Crippen LogP contribution in [-0.2, 0) is 11.2 Å². The van der Waals surface area contributed by atoms with Crippen LogP contribution in [0.4, 0.5) is 5.69 Å². The lowest BCUT2D eigenvalue weighted by Gasteiger charge is -2.11. The van der Waals surface area contributed by atoms with Gasteiger partial charge in [-0.3, -0.25) is 4.79 Å². The van der Waals surface area contributed by atoms with Gasteiger partial charge in [0, 0.05) is 17.1 Å². The number of hydrogen-bond acceptors (Lipinski definition) is 2. The number of anilines is 1. The minimum Gasteiger partial charge on any atom is -0.494 e. The molecule has 0 unspecified atom stereocenters. The van der Waals surface area contributed by atoms with Crippen LogP contribution in [0, 0.1) is 6.92 Å². The Morgan fingerprint density at radius 1 is 1.23 bits per heavy atom. The zero-order chi connectivity index (χ0) is 15.9. The summed E-state index contributed by atoms with van der Waals surface area (Å²) < 4.78 is 5.57. The van der Waals surface area contributed by atoms with Gasteiger partial charge in [-0.1, -0.05) is 29.8 Å². The first kappa shape index (κ1) is 16.4. The Balaban J connectivity index is 1.95. The third-order valence-electron chi connectivity index (χ3n) is 3.36. The van der Waals surface area contributed by atoms with Crippen molar-refractivity contribution in [1.82, 2.24) is 0 Å². The summed E-state index contributed by atoms with van der Waals surface area (Å²) in [5.41, 5.74) is 2.80. The van der Waals surface area contributed by atoms with E-state index >= 15 is 0 Å². The fraction of sp³-hybridized carbons (Fsp3) is 0.278. The molecule has 0 aliphatic rings. The van der Waals surface area contributed by atoms with Gasteiger partial charge >= 0.3 is 0 Å². The van der Waals surface area contributed by atoms with Gasteiger partial charge in [-0.15, -0.1) is 0 Å². The van der Waals surface area contributed by atoms with Gasteiger partial charge in [0.2, 0.25) is 5.91 Å². The third kappa shape index (κ3) is 4.50. The van der Waals surface area contributed by atoms with Crippen molar-refractivity contribution in [3.05, 3.63) is 58.6 Å². The van der Waals surface area contributed by atoms with E-state index in [2.05, 4.69) is 5.32 Å². The van der Waals surface area contributed by atoms with E-state index in [9.17, 15) is 4.79 Å². The molecule has 3 nitrogen and oxygen atoms in total. The molecule has 0 saturated heterocycles. The van der Waals surface area contributed by atoms with E-state index in [-0.39, 0.29) is 5.91 Å². The number of ether oxygens (including phenoxy) is 1. The minimum absolute atomic E-state index is 0.0169. The van der Waals surface area contributed by atoms with Gasteiger partial charge < -0.3 is 10.1 Å². The largest absolute Gasteiger partial charge is 0.494 e. The van der Waals surface area contributed by atoms with Crippen LogP contribution in [0.15, 0.2) is 42.5 Å². The van der Waals surface area contributed by atoms with E-state index in [1.54, 1.807) is 6.07 Å². The molecule has 0 radical (unpaired) electrons. The molecule has 0 aliphatic carbocycles. The van der Waals surface area contributed by atoms with Crippen molar-refractivity contribution in [2.24, 2.45) is 0 Å². The first-order chi connectivity index (χ1) is 10.6. The van der Waals surface area contributed by atoms with Gasteiger partial charge in [-0.25, -0.2) is 0 Å². The van der Waals surface area contributed by atoms with Gasteiger partial charge in [-0.05, 0) is 55.7 Å². The van der Waals surface area contributed by atoms with Crippen LogP contribution in [0.3, 0.4) is 0 Å². The van der Waals surface area contributed by atoms with Crippen molar-refractivity contribution >= 4 is 23.2 Å². The molecule has 0 atom stereocenters. The average molecular weight is 318 g/mol. The molecular weight excluding hydrogens is 298 g/mol. The Morgan fingerprint density at radius 2 is 2.00 bits per heavy atom. The molecule has 2 aromatic carbocycles. The lowest BCUT2D eigenvalue weighted by Crippen LogP contribution is -2.13. The zero-order valence-electron chi connectivity index (χ0n) is 12.9. The number of para-hydroxylation sites is 1. The fourth-order valence-electron chi connectivity index (χ4n) is 2.23. The summed E-state index contributed by atoms with van der Waals surface area (Å²) in [7, 11) is 0. The third-order valence-corrected chi connectivity index (χ3v) is 3.59. The number of hydrogen-bond donors (Lipinski definition) is 1. The second kappa shape index (κ2) is 7.85. The van der Waals surface area contributed by atoms with Gasteiger partial charge in [0.15, 0.2) is 0 Å². The number of carbonyl (C=O) groups is 1. The molecule has 0 aromatic heterocycles. The lowest BCUT2D eigenvalue weighted by atomic mass is 10.1. The van der Waals surface area contributed by atoms with Crippen molar-refractivity contribution in [1.29, 1.82) is 0 Å². The molecular formula is C18H20ClNO2. The predicted octanol–water partition coefficient (Wildman–Crippen LogP) is 4.62. The molecule has 1 amide bonds. The Hall–Kier alpha value is -2.00. The second-order valence-electron chi connectivity index (χ2n) is 5.05. The molecule has 0 bridgehead atoms. The van der Waals surface area contributed by atoms with E-state index in [1.165, 1.54) is 0 Å². The average Bonchev–Trinajstić information content (AvgIpc) is 2.49. The maximum atomic E-state index is 12.1. The maximum absolute atomic E-state index is 12.1. The Labute approximate surface area is 136 Å². The number of carbonyl (C=O) groups excluding carboxylic acids is 1. The van der Waals surface area contributed by atoms with Gasteiger partial charge in [0.1, 0.15) is 5.75 Å². The molecule has 116 valence electrons. The Kier molecular flexibility index (Phi) is 5.84. The molecule has 0 heterocycles. The van der Waals surface area contributed by atoms with Gasteiger partial charge in [0.25, 0.3) is 0 Å². The van der Waals surface area contributed by atoms with Crippen LogP contribution >= 0.6 is 11.6 Å². The standard InChI is InChI=1S/C18H20ClNO2/c1-3-22-17-7-5-4-6-14(17)8-11-18(21)20-16-10-9-15(19)12-13(16)2/h4-7,9-10,12H,3,8,11H2,1-2H3,(H,20,21). The highest BCUT2D eigenvalue weighted by Gasteiger charge is 2.08. The Bertz CT molecular complexity index is 655. The molecule has 1 N–H and O–H groups in total. The molecule has 4 heteroatoms. The van der Waals surface area contributed by atoms with E-state index in [0.29, 0.717) is 24.5 Å². The SMILES string of the molecule is CCOc1ccccc1CCC(=O)Nc1ccc(Cl)cc1C. The topological polar surface area (TPSA) is 38.3 Å². The van der Waals surface area contributed by atoms with Crippen LogP contribution in [0.25, 0.3) is 0 Å². The van der Waals surface area contributed by atoms with Crippen LogP contribution in [0.1, 0.15) is 24.5 Å². The van der Waals surface area contributed by atoms with E-state index in [1.807, 2.05) is 50.2 Å². The molecule has 2 rings (SSSR count). The number of amides is 1. The van der Waals surface area contributed by atoms with Crippen molar-refractivity contribution in [3.8, 4) is 5.75 Å². The van der Waals surface area contributed by atoms with E-state index in [4.69, 9.17) is 16.3 Å². The maximum Gasteiger partial charge on any atom is 0.224 e. The summed E-state index contributed by atoms with van der Waals surface area (Å²) in [6.07, 6.45) is 1.06. The fourth-order valence-corrected chi connectivity index (χ4v) is 2.46. The molecule has 0 saturated carbocycles. The van der Waals surface area contributed by atoms with Gasteiger partial charge in [-0.2, -0.15) is 0 Å². The van der Waals surface area contributed by atoms with Crippen molar-refractivity contribution in [3.63, 3.8) is 0 Å². The normalized spacial score (nSPS) is 10.3. The van der Waals surface area contributed by atoms with Crippen molar-refractivity contribution in [2.45, 2.75) is 26.7 Å². The molecule has 0 spiro atoms. The monoisotopic (exact) mass is 317 g/mol. The quantitative estimate of drug-likeness (QED) is 0.844. The van der Waals surface area contributed by atoms with Crippen molar-refractivity contribution in [2.75, 3.05) is 11.9 Å². The number of rotatable bonds is 6. The molecule has 0 fully saturated rings. The highest BCUT2D eigenvalue weighted by molar-refractivity contribution is 6.30. The highest BCUT2D eigenvalue weighted by Crippen LogP contribution is 2.21. The van der Waals surface area contributed by atoms with E-state index < -0.39 is 0 Å². The molecule has 2 aromatic rings. The van der Waals surface area contributed by atoms with Crippen molar-refractivity contribution < 1.29 is 9.53 Å². The van der Waals surface area contributed by atoms with Gasteiger partial charge in [0.05, 0.1) is 6.61 Å². The number of halogens is 1. The van der Waals surface area contributed by atoms with Crippen LogP contribution < -0.4 is 10.1 Å². The highest BCUT2D eigenvalue weighted by atomic mass is 35.5. The molecule has 0 aliphatic heterocycles. The smallest absolute Gasteiger partial charge is 0.224 e. The molecule has 22 heavy (non-hydrogen) atoms. The number of aryl methyl sites for hydroxylation is 2.